The Hall–Kier alpha value is -0.863. The molecule has 0 saturated carbocycles. The Morgan fingerprint density at radius 3 is 2.20 bits per heavy atom. The van der Waals surface area contributed by atoms with Gasteiger partial charge in [0, 0.05) is 0 Å². The fraction of sp³-hybridized carbons (Fsp3) is 0.556. The number of hydrogen-bond acceptors (Lipinski definition) is 1. The first-order chi connectivity index (χ1) is 9.16. The molecule has 0 bridgehead atoms. The fourth-order valence-corrected chi connectivity index (χ4v) is 5.74. The maximum Gasteiger partial charge on any atom is 0.0949 e. The predicted octanol–water partition coefficient (Wildman–Crippen LogP) is 4.51. The first-order valence-corrected chi connectivity index (χ1v) is 10.8. The fourth-order valence-electron chi connectivity index (χ4n) is 3.01. The van der Waals surface area contributed by atoms with Crippen molar-refractivity contribution in [1.29, 1.82) is 0 Å². The summed E-state index contributed by atoms with van der Waals surface area (Å²) in [6, 6.07) is 12.1. The van der Waals surface area contributed by atoms with Gasteiger partial charge < -0.3 is 4.74 Å². The topological polar surface area (TPSA) is 12.5 Å². The largest absolute Gasteiger partial charge is 0.363 e. The van der Waals surface area contributed by atoms with E-state index >= 15 is 0 Å². The number of ether oxygens (including phenoxy) is 1. The van der Waals surface area contributed by atoms with E-state index < -0.39 is 8.07 Å². The smallest absolute Gasteiger partial charge is 0.0949 e. The normalized spacial score (nSPS) is 24.4. The van der Waals surface area contributed by atoms with Gasteiger partial charge in [-0.3, -0.25) is 0 Å². The summed E-state index contributed by atoms with van der Waals surface area (Å²) in [5, 5.41) is 1.52. The number of allylic oxidation sites excluding steroid dienone is 1. The van der Waals surface area contributed by atoms with Gasteiger partial charge in [-0.05, 0) is 39.7 Å². The zero-order valence-corrected chi connectivity index (χ0v) is 14.6. The average molecular weight is 289 g/mol. The van der Waals surface area contributed by atoms with Gasteiger partial charge in [0.2, 0.25) is 0 Å². The average Bonchev–Trinajstić information content (AvgIpc) is 2.87. The third-order valence-electron chi connectivity index (χ3n) is 4.92. The van der Waals surface area contributed by atoms with Crippen LogP contribution < -0.4 is 5.19 Å². The molecule has 1 aliphatic rings. The third kappa shape index (κ3) is 3.24. The minimum Gasteiger partial charge on any atom is -0.363 e. The molecule has 1 aromatic carbocycles. The minimum atomic E-state index is -1.39. The Kier molecular flexibility index (Phi) is 4.00. The van der Waals surface area contributed by atoms with E-state index in [9.17, 15) is 0 Å². The summed E-state index contributed by atoms with van der Waals surface area (Å²) in [5.74, 6) is 0. The lowest BCUT2D eigenvalue weighted by Gasteiger charge is -2.24. The highest BCUT2D eigenvalue weighted by Gasteiger charge is 2.59. The van der Waals surface area contributed by atoms with Crippen LogP contribution in [0.3, 0.4) is 0 Å². The summed E-state index contributed by atoms with van der Waals surface area (Å²) in [5.41, 5.74) is 1.51. The Bertz CT molecular complexity index is 489. The van der Waals surface area contributed by atoms with E-state index in [1.54, 1.807) is 0 Å². The van der Waals surface area contributed by atoms with E-state index in [2.05, 4.69) is 70.8 Å². The van der Waals surface area contributed by atoms with Crippen LogP contribution in [-0.4, -0.2) is 19.3 Å². The Balaban J connectivity index is 1.89. The van der Waals surface area contributed by atoms with Crippen molar-refractivity contribution in [1.82, 2.24) is 0 Å². The Morgan fingerprint density at radius 1 is 1.15 bits per heavy atom. The molecule has 110 valence electrons. The van der Waals surface area contributed by atoms with Gasteiger partial charge in [0.15, 0.2) is 0 Å². The predicted molar refractivity (Wildman–Crippen MR) is 90.3 cm³/mol. The van der Waals surface area contributed by atoms with Crippen molar-refractivity contribution in [3.8, 4) is 0 Å². The molecule has 0 aliphatic carbocycles. The summed E-state index contributed by atoms with van der Waals surface area (Å²) in [7, 11) is -1.39. The summed E-state index contributed by atoms with van der Waals surface area (Å²) >= 11 is 0. The zero-order valence-electron chi connectivity index (χ0n) is 13.6. The lowest BCUT2D eigenvalue weighted by Crippen LogP contribution is -2.41. The van der Waals surface area contributed by atoms with E-state index in [0.717, 1.165) is 12.8 Å². The quantitative estimate of drug-likeness (QED) is 0.426. The van der Waals surface area contributed by atoms with Crippen LogP contribution in [0, 0.1) is 0 Å². The van der Waals surface area contributed by atoms with E-state index in [-0.39, 0.29) is 11.2 Å². The van der Waals surface area contributed by atoms with Crippen molar-refractivity contribution in [2.75, 3.05) is 0 Å². The molecule has 1 fully saturated rings. The number of hydrogen-bond donors (Lipinski definition) is 0. The summed E-state index contributed by atoms with van der Waals surface area (Å²) in [6.45, 7) is 15.8. The molecule has 0 radical (unpaired) electrons. The minimum absolute atomic E-state index is 0.0552. The van der Waals surface area contributed by atoms with Crippen LogP contribution in [0.25, 0.3) is 0 Å². The molecule has 1 aliphatic heterocycles. The van der Waals surface area contributed by atoms with Crippen molar-refractivity contribution in [2.45, 2.75) is 64.0 Å². The van der Waals surface area contributed by atoms with Crippen LogP contribution in [0.15, 0.2) is 42.5 Å². The number of benzene rings is 1. The molecule has 2 rings (SSSR count). The maximum atomic E-state index is 5.83. The summed E-state index contributed by atoms with van der Waals surface area (Å²) in [6.07, 6.45) is 2.18. The van der Waals surface area contributed by atoms with Gasteiger partial charge >= 0.3 is 0 Å². The van der Waals surface area contributed by atoms with Gasteiger partial charge in [-0.15, -0.1) is 6.58 Å². The molecular weight excluding hydrogens is 260 g/mol. The molecule has 1 aromatic rings. The Morgan fingerprint density at radius 2 is 1.70 bits per heavy atom. The van der Waals surface area contributed by atoms with Crippen molar-refractivity contribution < 1.29 is 4.74 Å². The zero-order chi connectivity index (χ0) is 15.0. The molecule has 0 spiro atoms. The standard InChI is InChI=1S/C18H28OSi/c1-15(12-13-18(4)17(2,3)19-18)14-20(5,6)16-10-8-7-9-11-16/h7-11H,1,12-14H2,2-6H3. The van der Waals surface area contributed by atoms with Gasteiger partial charge in [-0.25, -0.2) is 0 Å². The second kappa shape index (κ2) is 5.16. The van der Waals surface area contributed by atoms with Gasteiger partial charge in [0.05, 0.1) is 19.3 Å². The van der Waals surface area contributed by atoms with Crippen LogP contribution >= 0.6 is 0 Å². The molecule has 1 unspecified atom stereocenters. The molecule has 2 heteroatoms. The Labute approximate surface area is 125 Å². The molecule has 0 N–H and O–H groups in total. The highest BCUT2D eigenvalue weighted by molar-refractivity contribution is 6.90. The van der Waals surface area contributed by atoms with E-state index in [1.165, 1.54) is 16.8 Å². The van der Waals surface area contributed by atoms with Crippen molar-refractivity contribution in [3.63, 3.8) is 0 Å². The van der Waals surface area contributed by atoms with Crippen LogP contribution in [0.1, 0.15) is 33.6 Å². The SMILES string of the molecule is C=C(CCC1(C)OC1(C)C)C[Si](C)(C)c1ccccc1. The molecule has 1 atom stereocenters. The van der Waals surface area contributed by atoms with Gasteiger partial charge in [-0.1, -0.05) is 54.2 Å². The molecule has 1 nitrogen and oxygen atoms in total. The van der Waals surface area contributed by atoms with E-state index in [0.29, 0.717) is 0 Å². The molecule has 1 heterocycles. The molecule has 0 amide bonds. The second-order valence-electron chi connectivity index (χ2n) is 7.52. The van der Waals surface area contributed by atoms with Gasteiger partial charge in [0.1, 0.15) is 0 Å². The molecule has 1 saturated heterocycles. The van der Waals surface area contributed by atoms with E-state index in [1.807, 2.05) is 0 Å². The summed E-state index contributed by atoms with van der Waals surface area (Å²) in [4.78, 5) is 0. The second-order valence-corrected chi connectivity index (χ2v) is 12.2. The van der Waals surface area contributed by atoms with Crippen LogP contribution in [0.4, 0.5) is 0 Å². The highest BCUT2D eigenvalue weighted by atomic mass is 28.3. The molecular formula is C18H28OSi. The van der Waals surface area contributed by atoms with Gasteiger partial charge in [-0.2, -0.15) is 0 Å². The maximum absolute atomic E-state index is 5.83. The van der Waals surface area contributed by atoms with Crippen molar-refractivity contribution >= 4 is 13.3 Å². The third-order valence-corrected chi connectivity index (χ3v) is 8.20. The number of rotatable bonds is 6. The van der Waals surface area contributed by atoms with Crippen LogP contribution in [-0.2, 0) is 4.74 Å². The van der Waals surface area contributed by atoms with Crippen molar-refractivity contribution in [3.05, 3.63) is 42.5 Å². The first kappa shape index (κ1) is 15.5. The molecule has 0 aromatic heterocycles. The number of epoxide rings is 1. The molecule has 20 heavy (non-hydrogen) atoms. The summed E-state index contributed by atoms with van der Waals surface area (Å²) < 4.78 is 5.83. The first-order valence-electron chi connectivity index (χ1n) is 7.59. The lowest BCUT2D eigenvalue weighted by atomic mass is 9.92. The van der Waals surface area contributed by atoms with Crippen LogP contribution in [0.2, 0.25) is 19.1 Å². The monoisotopic (exact) mass is 288 g/mol. The van der Waals surface area contributed by atoms with Crippen LogP contribution in [0.5, 0.6) is 0 Å². The highest BCUT2D eigenvalue weighted by Crippen LogP contribution is 2.50. The van der Waals surface area contributed by atoms with E-state index in [4.69, 9.17) is 4.74 Å². The van der Waals surface area contributed by atoms with Crippen molar-refractivity contribution in [2.24, 2.45) is 0 Å². The lowest BCUT2D eigenvalue weighted by molar-refractivity contribution is 0.277. The van der Waals surface area contributed by atoms with Gasteiger partial charge in [0.25, 0.3) is 0 Å².